The van der Waals surface area contributed by atoms with Crippen LogP contribution in [0.5, 0.6) is 0 Å². The topological polar surface area (TPSA) is 85.4 Å². The lowest BCUT2D eigenvalue weighted by Gasteiger charge is -2.28. The maximum absolute atomic E-state index is 12.7. The molecule has 1 fully saturated rings. The summed E-state index contributed by atoms with van der Waals surface area (Å²) in [7, 11) is 0. The first kappa shape index (κ1) is 22.5. The Bertz CT molecular complexity index is 1220. The Morgan fingerprint density at radius 3 is 2.65 bits per heavy atom. The van der Waals surface area contributed by atoms with Crippen LogP contribution in [0, 0.1) is 0 Å². The van der Waals surface area contributed by atoms with E-state index in [-0.39, 0.29) is 17.7 Å². The van der Waals surface area contributed by atoms with Crippen LogP contribution in [0.15, 0.2) is 70.2 Å². The van der Waals surface area contributed by atoms with Gasteiger partial charge in [0.1, 0.15) is 11.3 Å². The van der Waals surface area contributed by atoms with Gasteiger partial charge in [0, 0.05) is 18.5 Å². The first-order chi connectivity index (χ1) is 16.7. The largest absolute Gasteiger partial charge is 0.459 e. The Kier molecular flexibility index (Phi) is 6.82. The number of ether oxygens (including phenoxy) is 1. The molecule has 8 nitrogen and oxygen atoms in total. The van der Waals surface area contributed by atoms with Gasteiger partial charge in [-0.3, -0.25) is 9.36 Å². The molecule has 4 aromatic rings. The number of carbonyl (C=O) groups excluding carboxylic acids is 1. The zero-order valence-electron chi connectivity index (χ0n) is 19.0. The van der Waals surface area contributed by atoms with Gasteiger partial charge in [-0.15, -0.1) is 10.2 Å². The molecule has 1 saturated heterocycles. The van der Waals surface area contributed by atoms with Crippen molar-refractivity contribution in [2.24, 2.45) is 0 Å². The molecule has 2 aromatic carbocycles. The van der Waals surface area contributed by atoms with Crippen LogP contribution < -0.4 is 10.2 Å². The van der Waals surface area contributed by atoms with Gasteiger partial charge in [0.2, 0.25) is 11.9 Å². The summed E-state index contributed by atoms with van der Waals surface area (Å²) >= 11 is 1.39. The number of nitrogens with one attached hydrogen (secondary N) is 1. The number of benzene rings is 2. The highest BCUT2D eigenvalue weighted by Gasteiger charge is 2.22. The van der Waals surface area contributed by atoms with Crippen molar-refractivity contribution in [3.63, 3.8) is 0 Å². The second-order valence-corrected chi connectivity index (χ2v) is 9.16. The summed E-state index contributed by atoms with van der Waals surface area (Å²) in [6.45, 7) is 5.44. The van der Waals surface area contributed by atoms with E-state index < -0.39 is 0 Å². The second-order valence-electron chi connectivity index (χ2n) is 8.22. The molecule has 1 aliphatic heterocycles. The molecule has 1 aliphatic rings. The fourth-order valence-corrected chi connectivity index (χ4v) is 4.73. The van der Waals surface area contributed by atoms with E-state index in [9.17, 15) is 4.79 Å². The third-order valence-corrected chi connectivity index (χ3v) is 6.72. The molecule has 0 aliphatic carbocycles. The minimum absolute atomic E-state index is 0.0832. The highest BCUT2D eigenvalue weighted by molar-refractivity contribution is 7.99. The Morgan fingerprint density at radius 2 is 1.85 bits per heavy atom. The molecule has 1 N–H and O–H groups in total. The second kappa shape index (κ2) is 10.3. The number of anilines is 1. The van der Waals surface area contributed by atoms with E-state index in [0.29, 0.717) is 19.8 Å². The van der Waals surface area contributed by atoms with E-state index >= 15 is 0 Å². The van der Waals surface area contributed by atoms with Crippen LogP contribution in [0.3, 0.4) is 0 Å². The summed E-state index contributed by atoms with van der Waals surface area (Å²) in [5.41, 5.74) is 1.97. The summed E-state index contributed by atoms with van der Waals surface area (Å²) in [5.74, 6) is 1.70. The highest BCUT2D eigenvalue weighted by Crippen LogP contribution is 2.26. The van der Waals surface area contributed by atoms with Crippen molar-refractivity contribution in [2.75, 3.05) is 37.0 Å². The number of amides is 1. The number of aromatic nitrogens is 3. The molecule has 0 bridgehead atoms. The van der Waals surface area contributed by atoms with E-state index in [4.69, 9.17) is 9.15 Å². The first-order valence-electron chi connectivity index (χ1n) is 11.4. The lowest BCUT2D eigenvalue weighted by Crippen LogP contribution is -2.38. The number of hydrogen-bond acceptors (Lipinski definition) is 7. The number of hydrogen-bond donors (Lipinski definition) is 1. The Morgan fingerprint density at radius 1 is 1.09 bits per heavy atom. The molecule has 176 valence electrons. The van der Waals surface area contributed by atoms with Crippen molar-refractivity contribution in [1.29, 1.82) is 0 Å². The van der Waals surface area contributed by atoms with Crippen molar-refractivity contribution >= 4 is 34.6 Å². The fourth-order valence-electron chi connectivity index (χ4n) is 3.99. The quantitative estimate of drug-likeness (QED) is 0.386. The summed E-state index contributed by atoms with van der Waals surface area (Å²) < 4.78 is 13.5. The minimum atomic E-state index is -0.230. The minimum Gasteiger partial charge on any atom is -0.459 e. The SMILES string of the molecule is C[C@H](NC(=O)CSc1nnc(N2CCOCC2)n1Cc1ccccc1)c1cc2ccccc2o1. The van der Waals surface area contributed by atoms with Gasteiger partial charge in [0.25, 0.3) is 0 Å². The Labute approximate surface area is 202 Å². The van der Waals surface area contributed by atoms with Crippen molar-refractivity contribution in [3.05, 3.63) is 72.0 Å². The molecule has 0 spiro atoms. The average Bonchev–Trinajstić information content (AvgIpc) is 3.48. The number of furan rings is 1. The lowest BCUT2D eigenvalue weighted by molar-refractivity contribution is -0.119. The number of nitrogens with zero attached hydrogens (tertiary/aromatic N) is 4. The standard InChI is InChI=1S/C25H27N5O3S/c1-18(22-15-20-9-5-6-10-21(20)33-22)26-23(31)17-34-25-28-27-24(29-11-13-32-14-12-29)30(25)16-19-7-3-2-4-8-19/h2-10,15,18H,11-14,16-17H2,1H3,(H,26,31)/t18-/m0/s1. The zero-order chi connectivity index (χ0) is 23.3. The zero-order valence-corrected chi connectivity index (χ0v) is 19.8. The summed E-state index contributed by atoms with van der Waals surface area (Å²) in [6, 6.07) is 19.8. The van der Waals surface area contributed by atoms with Gasteiger partial charge in [-0.25, -0.2) is 0 Å². The van der Waals surface area contributed by atoms with Crippen LogP contribution in [0.4, 0.5) is 5.95 Å². The molecule has 5 rings (SSSR count). The summed E-state index contributed by atoms with van der Waals surface area (Å²) in [6.07, 6.45) is 0. The van der Waals surface area contributed by atoms with Gasteiger partial charge >= 0.3 is 0 Å². The predicted octanol–water partition coefficient (Wildman–Crippen LogP) is 3.88. The van der Waals surface area contributed by atoms with Crippen LogP contribution in [-0.2, 0) is 16.1 Å². The fraction of sp³-hybridized carbons (Fsp3) is 0.320. The van der Waals surface area contributed by atoms with Crippen LogP contribution in [0.25, 0.3) is 11.0 Å². The normalized spacial score (nSPS) is 14.9. The van der Waals surface area contributed by atoms with Crippen molar-refractivity contribution < 1.29 is 13.9 Å². The van der Waals surface area contributed by atoms with Crippen LogP contribution in [-0.4, -0.2) is 52.7 Å². The van der Waals surface area contributed by atoms with E-state index in [0.717, 1.165) is 46.5 Å². The average molecular weight is 478 g/mol. The summed E-state index contributed by atoms with van der Waals surface area (Å²) in [4.78, 5) is 14.9. The molecule has 3 heterocycles. The molecule has 0 radical (unpaired) electrons. The van der Waals surface area contributed by atoms with Crippen molar-refractivity contribution in [3.8, 4) is 0 Å². The maximum atomic E-state index is 12.7. The van der Waals surface area contributed by atoms with Crippen molar-refractivity contribution in [1.82, 2.24) is 20.1 Å². The molecule has 0 unspecified atom stereocenters. The lowest BCUT2D eigenvalue weighted by atomic mass is 10.2. The van der Waals surface area contributed by atoms with E-state index in [2.05, 4.69) is 37.1 Å². The summed E-state index contributed by atoms with van der Waals surface area (Å²) in [5, 5.41) is 13.7. The molecule has 1 atom stereocenters. The van der Waals surface area contributed by atoms with Gasteiger partial charge in [-0.05, 0) is 24.6 Å². The van der Waals surface area contributed by atoms with Crippen LogP contribution >= 0.6 is 11.8 Å². The molecular weight excluding hydrogens is 450 g/mol. The molecule has 2 aromatic heterocycles. The van der Waals surface area contributed by atoms with E-state index in [1.165, 1.54) is 11.8 Å². The number of thioether (sulfide) groups is 1. The molecule has 1 amide bonds. The van der Waals surface area contributed by atoms with E-state index in [1.54, 1.807) is 0 Å². The highest BCUT2D eigenvalue weighted by atomic mass is 32.2. The Hall–Kier alpha value is -3.30. The first-order valence-corrected chi connectivity index (χ1v) is 12.4. The number of rotatable bonds is 8. The monoisotopic (exact) mass is 477 g/mol. The van der Waals surface area contributed by atoms with Crippen LogP contribution in [0.2, 0.25) is 0 Å². The van der Waals surface area contributed by atoms with Gasteiger partial charge in [0.05, 0.1) is 31.6 Å². The number of morpholine rings is 1. The van der Waals surface area contributed by atoms with Gasteiger partial charge in [-0.1, -0.05) is 60.3 Å². The third kappa shape index (κ3) is 5.10. The number of fused-ring (bicyclic) bond motifs is 1. The predicted molar refractivity (Wildman–Crippen MR) is 132 cm³/mol. The van der Waals surface area contributed by atoms with Crippen LogP contribution in [0.1, 0.15) is 24.3 Å². The van der Waals surface area contributed by atoms with Crippen molar-refractivity contribution in [2.45, 2.75) is 24.7 Å². The molecule has 9 heteroatoms. The van der Waals surface area contributed by atoms with Gasteiger partial charge in [0.15, 0.2) is 5.16 Å². The maximum Gasteiger partial charge on any atom is 0.231 e. The van der Waals surface area contributed by atoms with Gasteiger partial charge < -0.3 is 19.4 Å². The number of para-hydroxylation sites is 1. The van der Waals surface area contributed by atoms with E-state index in [1.807, 2.05) is 55.5 Å². The molecular formula is C25H27N5O3S. The Balaban J connectivity index is 1.27. The molecule has 34 heavy (non-hydrogen) atoms. The smallest absolute Gasteiger partial charge is 0.231 e. The van der Waals surface area contributed by atoms with Gasteiger partial charge in [-0.2, -0.15) is 0 Å². The molecule has 0 saturated carbocycles. The third-order valence-electron chi connectivity index (χ3n) is 5.76. The number of carbonyl (C=O) groups is 1.